The van der Waals surface area contributed by atoms with E-state index in [2.05, 4.69) is 17.6 Å². The van der Waals surface area contributed by atoms with Crippen molar-refractivity contribution in [2.45, 2.75) is 51.5 Å². The van der Waals surface area contributed by atoms with E-state index in [9.17, 15) is 0 Å². The van der Waals surface area contributed by atoms with Gasteiger partial charge in [-0.25, -0.2) is 0 Å². The fraction of sp³-hybridized carbons (Fsp3) is 0.917. The molecule has 3 nitrogen and oxygen atoms in total. The van der Waals surface area contributed by atoms with Crippen LogP contribution in [0.15, 0.2) is 0 Å². The van der Waals surface area contributed by atoms with Gasteiger partial charge in [-0.3, -0.25) is 0 Å². The van der Waals surface area contributed by atoms with Crippen LogP contribution in [0.4, 0.5) is 0 Å². The molecule has 0 aliphatic heterocycles. The lowest BCUT2D eigenvalue weighted by Gasteiger charge is -2.33. The zero-order valence-electron chi connectivity index (χ0n) is 10.2. The molecule has 0 amide bonds. The van der Waals surface area contributed by atoms with Gasteiger partial charge in [-0.1, -0.05) is 26.2 Å². The second-order valence-corrected chi connectivity index (χ2v) is 4.97. The Hall–Kier alpha value is -0.350. The van der Waals surface area contributed by atoms with Gasteiger partial charge in [0.2, 0.25) is 0 Å². The molecule has 94 valence electrons. The van der Waals surface area contributed by atoms with Crippen LogP contribution in [-0.4, -0.2) is 29.4 Å². The van der Waals surface area contributed by atoms with Gasteiger partial charge in [0.25, 0.3) is 0 Å². The Morgan fingerprint density at radius 2 is 2.12 bits per heavy atom. The first-order valence-corrected chi connectivity index (χ1v) is 6.84. The van der Waals surface area contributed by atoms with Gasteiger partial charge in [0.05, 0.1) is 6.61 Å². The molecular weight excluding hydrogens is 220 g/mol. The molecule has 3 N–H and O–H groups in total. The Morgan fingerprint density at radius 1 is 1.38 bits per heavy atom. The third-order valence-electron chi connectivity index (χ3n) is 3.28. The van der Waals surface area contributed by atoms with Crippen LogP contribution in [-0.2, 0) is 0 Å². The molecule has 2 atom stereocenters. The first-order chi connectivity index (χ1) is 7.77. The maximum Gasteiger partial charge on any atom is 0.166 e. The van der Waals surface area contributed by atoms with Crippen molar-refractivity contribution in [1.29, 1.82) is 0 Å². The van der Waals surface area contributed by atoms with Crippen molar-refractivity contribution in [3.63, 3.8) is 0 Å². The molecule has 0 aromatic rings. The van der Waals surface area contributed by atoms with E-state index in [0.29, 0.717) is 17.7 Å². The summed E-state index contributed by atoms with van der Waals surface area (Å²) < 4.78 is 0. The summed E-state index contributed by atoms with van der Waals surface area (Å²) in [6, 6.07) is 0.535. The minimum Gasteiger partial charge on any atom is -0.395 e. The molecule has 0 heterocycles. The van der Waals surface area contributed by atoms with E-state index in [-0.39, 0.29) is 6.61 Å². The molecule has 0 radical (unpaired) electrons. The zero-order valence-corrected chi connectivity index (χ0v) is 11.0. The molecule has 0 aromatic heterocycles. The summed E-state index contributed by atoms with van der Waals surface area (Å²) in [5.41, 5.74) is 0. The highest BCUT2D eigenvalue weighted by molar-refractivity contribution is 7.80. The van der Waals surface area contributed by atoms with E-state index in [1.54, 1.807) is 0 Å². The highest BCUT2D eigenvalue weighted by atomic mass is 32.1. The number of nitrogens with one attached hydrogen (secondary N) is 2. The summed E-state index contributed by atoms with van der Waals surface area (Å²) in [5, 5.41) is 15.8. The van der Waals surface area contributed by atoms with E-state index in [1.165, 1.54) is 38.5 Å². The van der Waals surface area contributed by atoms with E-state index < -0.39 is 0 Å². The standard InChI is InChI=1S/C12H24N2OS/c1-2-5-10-6-3-4-7-11(10)14-12(16)13-8-9-15/h10-11,15H,2-9H2,1H3,(H2,13,14,16)/t10-,11-/m1/s1. The average molecular weight is 244 g/mol. The van der Waals surface area contributed by atoms with Crippen molar-refractivity contribution in [2.24, 2.45) is 5.92 Å². The molecule has 1 saturated carbocycles. The number of hydrogen-bond acceptors (Lipinski definition) is 2. The fourth-order valence-corrected chi connectivity index (χ4v) is 2.76. The van der Waals surface area contributed by atoms with Crippen molar-refractivity contribution in [2.75, 3.05) is 13.2 Å². The van der Waals surface area contributed by atoms with Crippen LogP contribution in [0.5, 0.6) is 0 Å². The summed E-state index contributed by atoms with van der Waals surface area (Å²) in [6.45, 7) is 2.91. The summed E-state index contributed by atoms with van der Waals surface area (Å²) >= 11 is 5.20. The monoisotopic (exact) mass is 244 g/mol. The number of aliphatic hydroxyl groups is 1. The molecular formula is C12H24N2OS. The van der Waals surface area contributed by atoms with E-state index in [1.807, 2.05) is 0 Å². The third-order valence-corrected chi connectivity index (χ3v) is 3.54. The molecule has 1 fully saturated rings. The topological polar surface area (TPSA) is 44.3 Å². The Morgan fingerprint density at radius 3 is 2.81 bits per heavy atom. The SMILES string of the molecule is CCC[C@@H]1CCCC[C@H]1NC(=S)NCCO. The Balaban J connectivity index is 2.33. The lowest BCUT2D eigenvalue weighted by atomic mass is 9.82. The maximum atomic E-state index is 8.71. The smallest absolute Gasteiger partial charge is 0.166 e. The second kappa shape index (κ2) is 7.85. The quantitative estimate of drug-likeness (QED) is 0.645. The summed E-state index contributed by atoms with van der Waals surface area (Å²) in [4.78, 5) is 0. The van der Waals surface area contributed by atoms with Crippen LogP contribution < -0.4 is 10.6 Å². The van der Waals surface area contributed by atoms with E-state index in [0.717, 1.165) is 5.92 Å². The first-order valence-electron chi connectivity index (χ1n) is 6.43. The van der Waals surface area contributed by atoms with Gasteiger partial charge in [-0.15, -0.1) is 0 Å². The van der Waals surface area contributed by atoms with Crippen molar-refractivity contribution in [3.8, 4) is 0 Å². The molecule has 4 heteroatoms. The molecule has 1 rings (SSSR count). The third kappa shape index (κ3) is 4.66. The largest absolute Gasteiger partial charge is 0.395 e. The predicted octanol–water partition coefficient (Wildman–Crippen LogP) is 1.80. The maximum absolute atomic E-state index is 8.71. The van der Waals surface area contributed by atoms with E-state index in [4.69, 9.17) is 17.3 Å². The summed E-state index contributed by atoms with van der Waals surface area (Å²) in [7, 11) is 0. The highest BCUT2D eigenvalue weighted by Crippen LogP contribution is 2.27. The van der Waals surface area contributed by atoms with Crippen molar-refractivity contribution < 1.29 is 5.11 Å². The van der Waals surface area contributed by atoms with Gasteiger partial charge in [0.1, 0.15) is 0 Å². The summed E-state index contributed by atoms with van der Waals surface area (Å²) in [6.07, 6.45) is 7.76. The lowest BCUT2D eigenvalue weighted by Crippen LogP contribution is -2.47. The van der Waals surface area contributed by atoms with Crippen LogP contribution >= 0.6 is 12.2 Å². The van der Waals surface area contributed by atoms with Gasteiger partial charge in [0, 0.05) is 12.6 Å². The van der Waals surface area contributed by atoms with Crippen molar-refractivity contribution in [1.82, 2.24) is 10.6 Å². The van der Waals surface area contributed by atoms with E-state index >= 15 is 0 Å². The van der Waals surface area contributed by atoms with Gasteiger partial charge in [-0.05, 0) is 37.4 Å². The molecule has 0 unspecified atom stereocenters. The van der Waals surface area contributed by atoms with Crippen LogP contribution in [0.1, 0.15) is 45.4 Å². The molecule has 0 saturated heterocycles. The first kappa shape index (κ1) is 13.7. The summed E-state index contributed by atoms with van der Waals surface area (Å²) in [5.74, 6) is 0.771. The number of thiocarbonyl (C=S) groups is 1. The minimum atomic E-state index is 0.130. The van der Waals surface area contributed by atoms with Crippen molar-refractivity contribution >= 4 is 17.3 Å². The Kier molecular flexibility index (Phi) is 6.73. The number of aliphatic hydroxyl groups excluding tert-OH is 1. The molecule has 0 spiro atoms. The van der Waals surface area contributed by atoms with Gasteiger partial charge in [-0.2, -0.15) is 0 Å². The van der Waals surface area contributed by atoms with Gasteiger partial charge in [0.15, 0.2) is 5.11 Å². The van der Waals surface area contributed by atoms with Crippen molar-refractivity contribution in [3.05, 3.63) is 0 Å². The van der Waals surface area contributed by atoms with Crippen LogP contribution in [0, 0.1) is 5.92 Å². The fourth-order valence-electron chi connectivity index (χ4n) is 2.50. The normalized spacial score (nSPS) is 25.1. The lowest BCUT2D eigenvalue weighted by molar-refractivity contribution is 0.268. The predicted molar refractivity (Wildman–Crippen MR) is 71.5 cm³/mol. The minimum absolute atomic E-state index is 0.130. The second-order valence-electron chi connectivity index (χ2n) is 4.56. The molecule has 1 aliphatic rings. The Labute approximate surface area is 104 Å². The molecule has 1 aliphatic carbocycles. The molecule has 0 aromatic carbocycles. The average Bonchev–Trinajstić information content (AvgIpc) is 2.29. The Bertz CT molecular complexity index is 209. The molecule has 16 heavy (non-hydrogen) atoms. The van der Waals surface area contributed by atoms with Gasteiger partial charge >= 0.3 is 0 Å². The highest BCUT2D eigenvalue weighted by Gasteiger charge is 2.24. The van der Waals surface area contributed by atoms with Gasteiger partial charge < -0.3 is 15.7 Å². The number of rotatable bonds is 5. The van der Waals surface area contributed by atoms with Crippen LogP contribution in [0.2, 0.25) is 0 Å². The van der Waals surface area contributed by atoms with Crippen LogP contribution in [0.3, 0.4) is 0 Å². The van der Waals surface area contributed by atoms with Crippen LogP contribution in [0.25, 0.3) is 0 Å². The number of hydrogen-bond donors (Lipinski definition) is 3. The molecule has 0 bridgehead atoms. The zero-order chi connectivity index (χ0) is 11.8.